The highest BCUT2D eigenvalue weighted by Crippen LogP contribution is 2.36. The van der Waals surface area contributed by atoms with Gasteiger partial charge in [0.25, 0.3) is 11.8 Å². The van der Waals surface area contributed by atoms with Gasteiger partial charge in [0.15, 0.2) is 0 Å². The van der Waals surface area contributed by atoms with Crippen LogP contribution in [-0.2, 0) is 9.59 Å². The van der Waals surface area contributed by atoms with Crippen molar-refractivity contribution in [2.24, 2.45) is 0 Å². The topological polar surface area (TPSA) is 52.7 Å². The molecule has 0 aromatic heterocycles. The number of imide groups is 1. The number of rotatable bonds is 5. The van der Waals surface area contributed by atoms with Crippen molar-refractivity contribution in [3.63, 3.8) is 0 Å². The molecule has 3 aromatic carbocycles. The van der Waals surface area contributed by atoms with Gasteiger partial charge in [-0.2, -0.15) is 0 Å². The highest BCUT2D eigenvalue weighted by atomic mass is 16.2. The van der Waals surface area contributed by atoms with Gasteiger partial charge in [-0.25, -0.2) is 4.90 Å². The van der Waals surface area contributed by atoms with Crippen LogP contribution in [0, 0.1) is 20.8 Å². The minimum Gasteiger partial charge on any atom is -0.378 e. The minimum atomic E-state index is -0.359. The molecule has 0 atom stereocenters. The molecule has 0 spiro atoms. The molecular weight excluding hydrogens is 398 g/mol. The number of benzene rings is 3. The van der Waals surface area contributed by atoms with E-state index in [1.165, 1.54) is 4.90 Å². The summed E-state index contributed by atoms with van der Waals surface area (Å²) in [5, 5.41) is 3.25. The zero-order chi connectivity index (χ0) is 23.0. The SMILES string of the molecule is Cc1cccc(NC2=C(c3ccc(C)cc3C)C(=O)N(c3cccc(N(C)C)c3)C2=O)c1. The predicted octanol–water partition coefficient (Wildman–Crippen LogP) is 5.07. The second kappa shape index (κ2) is 8.35. The van der Waals surface area contributed by atoms with Crippen LogP contribution in [0.15, 0.2) is 72.4 Å². The van der Waals surface area contributed by atoms with E-state index in [4.69, 9.17) is 0 Å². The molecule has 5 nitrogen and oxygen atoms in total. The van der Waals surface area contributed by atoms with Gasteiger partial charge >= 0.3 is 0 Å². The maximum atomic E-state index is 13.7. The molecule has 2 amide bonds. The number of carbonyl (C=O) groups excluding carboxylic acids is 2. The van der Waals surface area contributed by atoms with E-state index in [1.807, 2.05) is 100 Å². The molecule has 1 aliphatic heterocycles. The van der Waals surface area contributed by atoms with E-state index < -0.39 is 0 Å². The first kappa shape index (κ1) is 21.4. The van der Waals surface area contributed by atoms with Crippen molar-refractivity contribution < 1.29 is 9.59 Å². The number of anilines is 3. The van der Waals surface area contributed by atoms with E-state index in [2.05, 4.69) is 5.32 Å². The van der Waals surface area contributed by atoms with Crippen molar-refractivity contribution >= 4 is 34.4 Å². The Morgan fingerprint density at radius 2 is 1.50 bits per heavy atom. The highest BCUT2D eigenvalue weighted by molar-refractivity contribution is 6.46. The van der Waals surface area contributed by atoms with Gasteiger partial charge in [-0.3, -0.25) is 9.59 Å². The fraction of sp³-hybridized carbons (Fsp3) is 0.185. The lowest BCUT2D eigenvalue weighted by molar-refractivity contribution is -0.120. The van der Waals surface area contributed by atoms with Crippen LogP contribution in [0.4, 0.5) is 17.1 Å². The molecule has 0 bridgehead atoms. The number of aryl methyl sites for hydroxylation is 3. The lowest BCUT2D eigenvalue weighted by Gasteiger charge is -2.19. The van der Waals surface area contributed by atoms with Crippen LogP contribution in [0.5, 0.6) is 0 Å². The third kappa shape index (κ3) is 3.89. The van der Waals surface area contributed by atoms with E-state index in [1.54, 1.807) is 6.07 Å². The number of hydrogen-bond acceptors (Lipinski definition) is 4. The molecule has 1 heterocycles. The first-order valence-electron chi connectivity index (χ1n) is 10.6. The highest BCUT2D eigenvalue weighted by Gasteiger charge is 2.40. The predicted molar refractivity (Wildman–Crippen MR) is 131 cm³/mol. The quantitative estimate of drug-likeness (QED) is 0.580. The van der Waals surface area contributed by atoms with E-state index in [0.717, 1.165) is 33.6 Å². The largest absolute Gasteiger partial charge is 0.378 e. The van der Waals surface area contributed by atoms with Crippen LogP contribution >= 0.6 is 0 Å². The molecule has 32 heavy (non-hydrogen) atoms. The molecule has 0 fully saturated rings. The molecule has 1 aliphatic rings. The number of nitrogens with one attached hydrogen (secondary N) is 1. The zero-order valence-electron chi connectivity index (χ0n) is 19.1. The van der Waals surface area contributed by atoms with Crippen molar-refractivity contribution in [3.05, 3.63) is 94.7 Å². The third-order valence-electron chi connectivity index (χ3n) is 5.63. The standard InChI is InChI=1S/C27H27N3O2/c1-17-8-6-9-20(15-17)28-25-24(23-13-12-18(2)14-19(23)3)26(31)30(27(25)32)22-11-7-10-21(16-22)29(4)5/h6-16,28H,1-5H3. The second-order valence-corrected chi connectivity index (χ2v) is 8.42. The summed E-state index contributed by atoms with van der Waals surface area (Å²) >= 11 is 0. The lowest BCUT2D eigenvalue weighted by Crippen LogP contribution is -2.32. The molecule has 0 aliphatic carbocycles. The zero-order valence-corrected chi connectivity index (χ0v) is 19.1. The summed E-state index contributed by atoms with van der Waals surface area (Å²) in [6.07, 6.45) is 0. The summed E-state index contributed by atoms with van der Waals surface area (Å²) in [5.41, 5.74) is 6.80. The van der Waals surface area contributed by atoms with Gasteiger partial charge < -0.3 is 10.2 Å². The fourth-order valence-electron chi connectivity index (χ4n) is 4.00. The monoisotopic (exact) mass is 425 g/mol. The molecule has 4 rings (SSSR count). The van der Waals surface area contributed by atoms with Crippen LogP contribution < -0.4 is 15.1 Å². The van der Waals surface area contributed by atoms with E-state index in [-0.39, 0.29) is 11.8 Å². The Hall–Kier alpha value is -3.86. The van der Waals surface area contributed by atoms with Gasteiger partial charge in [0, 0.05) is 25.5 Å². The minimum absolute atomic E-state index is 0.294. The van der Waals surface area contributed by atoms with Crippen molar-refractivity contribution in [1.82, 2.24) is 0 Å². The Morgan fingerprint density at radius 1 is 0.781 bits per heavy atom. The van der Waals surface area contributed by atoms with E-state index >= 15 is 0 Å². The van der Waals surface area contributed by atoms with Crippen LogP contribution in [0.3, 0.4) is 0 Å². The molecule has 0 radical (unpaired) electrons. The smallest absolute Gasteiger partial charge is 0.282 e. The Bertz CT molecular complexity index is 1260. The van der Waals surface area contributed by atoms with Gasteiger partial charge in [0.2, 0.25) is 0 Å². The van der Waals surface area contributed by atoms with Crippen molar-refractivity contribution in [3.8, 4) is 0 Å². The van der Waals surface area contributed by atoms with Gasteiger partial charge in [-0.15, -0.1) is 0 Å². The lowest BCUT2D eigenvalue weighted by atomic mass is 9.97. The van der Waals surface area contributed by atoms with Crippen molar-refractivity contribution in [1.29, 1.82) is 0 Å². The number of amides is 2. The molecular formula is C27H27N3O2. The van der Waals surface area contributed by atoms with Crippen LogP contribution in [-0.4, -0.2) is 25.9 Å². The fourth-order valence-corrected chi connectivity index (χ4v) is 4.00. The average molecular weight is 426 g/mol. The summed E-state index contributed by atoms with van der Waals surface area (Å²) in [7, 11) is 3.85. The first-order chi connectivity index (χ1) is 15.3. The van der Waals surface area contributed by atoms with Gasteiger partial charge in [0.1, 0.15) is 5.70 Å². The Balaban J connectivity index is 1.86. The Kier molecular flexibility index (Phi) is 5.57. The maximum absolute atomic E-state index is 13.7. The van der Waals surface area contributed by atoms with E-state index in [0.29, 0.717) is 17.0 Å². The van der Waals surface area contributed by atoms with Gasteiger partial charge in [-0.05, 0) is 67.8 Å². The summed E-state index contributed by atoms with van der Waals surface area (Å²) in [6, 6.07) is 21.1. The van der Waals surface area contributed by atoms with Crippen molar-refractivity contribution in [2.75, 3.05) is 29.2 Å². The molecule has 0 saturated carbocycles. The van der Waals surface area contributed by atoms with Crippen molar-refractivity contribution in [2.45, 2.75) is 20.8 Å². The second-order valence-electron chi connectivity index (χ2n) is 8.42. The summed E-state index contributed by atoms with van der Waals surface area (Å²) in [4.78, 5) is 30.5. The number of hydrogen-bond donors (Lipinski definition) is 1. The van der Waals surface area contributed by atoms with Crippen LogP contribution in [0.2, 0.25) is 0 Å². The molecule has 0 unspecified atom stereocenters. The number of carbonyl (C=O) groups is 2. The molecule has 1 N–H and O–H groups in total. The summed E-state index contributed by atoms with van der Waals surface area (Å²) < 4.78 is 0. The maximum Gasteiger partial charge on any atom is 0.282 e. The molecule has 5 heteroatoms. The molecule has 0 saturated heterocycles. The first-order valence-corrected chi connectivity index (χ1v) is 10.6. The van der Waals surface area contributed by atoms with E-state index in [9.17, 15) is 9.59 Å². The normalized spacial score (nSPS) is 13.7. The van der Waals surface area contributed by atoms with Gasteiger partial charge in [0.05, 0.1) is 11.3 Å². The summed E-state index contributed by atoms with van der Waals surface area (Å²) in [6.45, 7) is 5.97. The summed E-state index contributed by atoms with van der Waals surface area (Å²) in [5.74, 6) is -0.685. The molecule has 162 valence electrons. The average Bonchev–Trinajstić information content (AvgIpc) is 2.98. The van der Waals surface area contributed by atoms with Crippen LogP contribution in [0.1, 0.15) is 22.3 Å². The Morgan fingerprint density at radius 3 is 2.19 bits per heavy atom. The third-order valence-corrected chi connectivity index (χ3v) is 5.63. The number of nitrogens with zero attached hydrogens (tertiary/aromatic N) is 2. The van der Waals surface area contributed by atoms with Gasteiger partial charge in [-0.1, -0.05) is 42.0 Å². The molecule has 3 aromatic rings. The Labute approximate surface area is 189 Å². The van der Waals surface area contributed by atoms with Crippen LogP contribution in [0.25, 0.3) is 5.57 Å².